The van der Waals surface area contributed by atoms with Gasteiger partial charge in [0.15, 0.2) is 0 Å². The predicted octanol–water partition coefficient (Wildman–Crippen LogP) is 0.745. The molecule has 118 valence electrons. The van der Waals surface area contributed by atoms with Crippen molar-refractivity contribution in [3.63, 3.8) is 0 Å². The summed E-state index contributed by atoms with van der Waals surface area (Å²) in [5.74, 6) is 0.0227. The van der Waals surface area contributed by atoms with Crippen LogP contribution in [0.15, 0.2) is 36.5 Å². The van der Waals surface area contributed by atoms with Gasteiger partial charge in [0.05, 0.1) is 6.26 Å². The number of sulfonamides is 1. The van der Waals surface area contributed by atoms with Gasteiger partial charge in [0.2, 0.25) is 15.9 Å². The van der Waals surface area contributed by atoms with Crippen LogP contribution >= 0.6 is 0 Å². The van der Waals surface area contributed by atoms with Crippen LogP contribution in [-0.4, -0.2) is 60.5 Å². The second-order valence-electron chi connectivity index (χ2n) is 5.55. The quantitative estimate of drug-likeness (QED) is 0.838. The lowest BCUT2D eigenvalue weighted by Crippen LogP contribution is -2.50. The third-order valence-corrected chi connectivity index (χ3v) is 5.35. The topological polar surface area (TPSA) is 62.6 Å². The molecule has 0 spiro atoms. The highest BCUT2D eigenvalue weighted by Crippen LogP contribution is 2.15. The Kier molecular flexibility index (Phi) is 3.92. The summed E-state index contributed by atoms with van der Waals surface area (Å²) in [6.07, 6.45) is 3.12. The SMILES string of the molecule is CS(=O)(=O)N1CCN(C(=O)Cn2ccc3ccccc32)CC1. The molecule has 22 heavy (non-hydrogen) atoms. The number of para-hydroxylation sites is 1. The van der Waals surface area contributed by atoms with E-state index >= 15 is 0 Å². The molecule has 1 aliphatic heterocycles. The molecule has 0 radical (unpaired) electrons. The zero-order valence-corrected chi connectivity index (χ0v) is 13.3. The van der Waals surface area contributed by atoms with Gasteiger partial charge in [0.1, 0.15) is 6.54 Å². The van der Waals surface area contributed by atoms with E-state index in [2.05, 4.69) is 0 Å². The van der Waals surface area contributed by atoms with Crippen LogP contribution in [0.25, 0.3) is 10.9 Å². The standard InChI is InChI=1S/C15H19N3O3S/c1-22(20,21)18-10-8-16(9-11-18)15(19)12-17-7-6-13-4-2-3-5-14(13)17/h2-7H,8-12H2,1H3. The van der Waals surface area contributed by atoms with Crippen molar-refractivity contribution in [1.29, 1.82) is 0 Å². The van der Waals surface area contributed by atoms with Crippen LogP contribution in [0.3, 0.4) is 0 Å². The lowest BCUT2D eigenvalue weighted by Gasteiger charge is -2.33. The molecule has 2 aromatic rings. The van der Waals surface area contributed by atoms with Gasteiger partial charge in [0, 0.05) is 37.9 Å². The first-order chi connectivity index (χ1) is 10.4. The fraction of sp³-hybridized carbons (Fsp3) is 0.400. The van der Waals surface area contributed by atoms with Crippen LogP contribution < -0.4 is 0 Å². The molecule has 6 nitrogen and oxygen atoms in total. The zero-order valence-electron chi connectivity index (χ0n) is 12.5. The van der Waals surface area contributed by atoms with Crippen molar-refractivity contribution in [2.45, 2.75) is 6.54 Å². The predicted molar refractivity (Wildman–Crippen MR) is 84.9 cm³/mol. The van der Waals surface area contributed by atoms with Crippen LogP contribution in [0.1, 0.15) is 0 Å². The van der Waals surface area contributed by atoms with Crippen LogP contribution in [0.5, 0.6) is 0 Å². The number of amides is 1. The molecule has 7 heteroatoms. The fourth-order valence-corrected chi connectivity index (χ4v) is 3.62. The second-order valence-corrected chi connectivity index (χ2v) is 7.53. The van der Waals surface area contributed by atoms with E-state index in [-0.39, 0.29) is 12.5 Å². The minimum absolute atomic E-state index is 0.0227. The van der Waals surface area contributed by atoms with E-state index in [1.54, 1.807) is 4.90 Å². The van der Waals surface area contributed by atoms with E-state index in [0.717, 1.165) is 10.9 Å². The Balaban J connectivity index is 1.66. The maximum Gasteiger partial charge on any atom is 0.242 e. The Morgan fingerprint density at radius 1 is 1.09 bits per heavy atom. The number of nitrogens with zero attached hydrogens (tertiary/aromatic N) is 3. The van der Waals surface area contributed by atoms with Crippen molar-refractivity contribution in [2.24, 2.45) is 0 Å². The van der Waals surface area contributed by atoms with Crippen LogP contribution in [0.2, 0.25) is 0 Å². The van der Waals surface area contributed by atoms with Gasteiger partial charge in [-0.25, -0.2) is 8.42 Å². The summed E-state index contributed by atoms with van der Waals surface area (Å²) in [6, 6.07) is 9.92. The van der Waals surface area contributed by atoms with Gasteiger partial charge in [-0.1, -0.05) is 18.2 Å². The normalized spacial score (nSPS) is 17.0. The van der Waals surface area contributed by atoms with E-state index in [0.29, 0.717) is 26.2 Å². The Morgan fingerprint density at radius 3 is 2.45 bits per heavy atom. The maximum atomic E-state index is 12.4. The lowest BCUT2D eigenvalue weighted by molar-refractivity contribution is -0.132. The molecular weight excluding hydrogens is 302 g/mol. The number of aromatic nitrogens is 1. The van der Waals surface area contributed by atoms with Gasteiger partial charge in [-0.05, 0) is 17.5 Å². The molecule has 1 aromatic carbocycles. The summed E-state index contributed by atoms with van der Waals surface area (Å²) in [7, 11) is -3.16. The molecule has 1 amide bonds. The number of piperazine rings is 1. The molecule has 0 aliphatic carbocycles. The first-order valence-corrected chi connectivity index (χ1v) is 9.07. The van der Waals surface area contributed by atoms with E-state index in [1.165, 1.54) is 10.6 Å². The summed E-state index contributed by atoms with van der Waals surface area (Å²) in [5.41, 5.74) is 1.03. The monoisotopic (exact) mass is 321 g/mol. The molecule has 0 N–H and O–H groups in total. The van der Waals surface area contributed by atoms with Crippen molar-refractivity contribution >= 4 is 26.8 Å². The van der Waals surface area contributed by atoms with Crippen LogP contribution in [0, 0.1) is 0 Å². The summed E-state index contributed by atoms with van der Waals surface area (Å²) in [6.45, 7) is 1.93. The van der Waals surface area contributed by atoms with Gasteiger partial charge in [-0.2, -0.15) is 4.31 Å². The maximum absolute atomic E-state index is 12.4. The van der Waals surface area contributed by atoms with Crippen molar-refractivity contribution in [3.05, 3.63) is 36.5 Å². The van der Waals surface area contributed by atoms with Crippen LogP contribution in [0.4, 0.5) is 0 Å². The van der Waals surface area contributed by atoms with Gasteiger partial charge in [0.25, 0.3) is 0 Å². The number of carbonyl (C=O) groups is 1. The molecule has 2 heterocycles. The van der Waals surface area contributed by atoms with Crippen molar-refractivity contribution in [1.82, 2.24) is 13.8 Å². The van der Waals surface area contributed by atoms with Gasteiger partial charge >= 0.3 is 0 Å². The summed E-state index contributed by atoms with van der Waals surface area (Å²) >= 11 is 0. The fourth-order valence-electron chi connectivity index (χ4n) is 2.79. The summed E-state index contributed by atoms with van der Waals surface area (Å²) < 4.78 is 26.3. The largest absolute Gasteiger partial charge is 0.339 e. The Morgan fingerprint density at radius 2 is 1.77 bits per heavy atom. The minimum atomic E-state index is -3.16. The van der Waals surface area contributed by atoms with Crippen molar-refractivity contribution < 1.29 is 13.2 Å². The highest BCUT2D eigenvalue weighted by atomic mass is 32.2. The van der Waals surface area contributed by atoms with E-state index < -0.39 is 10.0 Å². The highest BCUT2D eigenvalue weighted by molar-refractivity contribution is 7.88. The molecule has 0 saturated carbocycles. The number of rotatable bonds is 3. The number of fused-ring (bicyclic) bond motifs is 1. The molecule has 0 unspecified atom stereocenters. The van der Waals surface area contributed by atoms with Crippen molar-refractivity contribution in [3.8, 4) is 0 Å². The molecule has 3 rings (SSSR count). The van der Waals surface area contributed by atoms with Crippen molar-refractivity contribution in [2.75, 3.05) is 32.4 Å². The van der Waals surface area contributed by atoms with E-state index in [4.69, 9.17) is 0 Å². The molecule has 1 aromatic heterocycles. The number of carbonyl (C=O) groups excluding carboxylic acids is 1. The molecule has 1 aliphatic rings. The molecule has 1 saturated heterocycles. The molecule has 0 bridgehead atoms. The number of hydrogen-bond acceptors (Lipinski definition) is 3. The average Bonchev–Trinajstić information content (AvgIpc) is 2.90. The van der Waals surface area contributed by atoms with Gasteiger partial charge < -0.3 is 9.47 Å². The third kappa shape index (κ3) is 3.00. The van der Waals surface area contributed by atoms with Crippen LogP contribution in [-0.2, 0) is 21.4 Å². The molecular formula is C15H19N3O3S. The van der Waals surface area contributed by atoms with E-state index in [9.17, 15) is 13.2 Å². The minimum Gasteiger partial charge on any atom is -0.339 e. The van der Waals surface area contributed by atoms with E-state index in [1.807, 2.05) is 41.1 Å². The number of benzene rings is 1. The Hall–Kier alpha value is -1.86. The zero-order chi connectivity index (χ0) is 15.7. The Bertz CT molecular complexity index is 789. The van der Waals surface area contributed by atoms with Gasteiger partial charge in [-0.15, -0.1) is 0 Å². The van der Waals surface area contributed by atoms with Gasteiger partial charge in [-0.3, -0.25) is 4.79 Å². The number of hydrogen-bond donors (Lipinski definition) is 0. The second kappa shape index (κ2) is 5.73. The third-order valence-electron chi connectivity index (χ3n) is 4.05. The summed E-state index contributed by atoms with van der Waals surface area (Å²) in [5, 5.41) is 1.11. The molecule has 1 fully saturated rings. The first kappa shape index (κ1) is 15.1. The molecule has 0 atom stereocenters. The average molecular weight is 321 g/mol. The first-order valence-electron chi connectivity index (χ1n) is 7.22. The highest BCUT2D eigenvalue weighted by Gasteiger charge is 2.26. The lowest BCUT2D eigenvalue weighted by atomic mass is 10.2. The Labute approximate surface area is 130 Å². The smallest absolute Gasteiger partial charge is 0.242 e. The summed E-state index contributed by atoms with van der Waals surface area (Å²) in [4.78, 5) is 14.1.